The number of anilines is 2. The van der Waals surface area contributed by atoms with Gasteiger partial charge in [-0.05, 0) is 49.1 Å². The summed E-state index contributed by atoms with van der Waals surface area (Å²) in [4.78, 5) is 20.4. The third kappa shape index (κ3) is 4.93. The first kappa shape index (κ1) is 22.0. The highest BCUT2D eigenvalue weighted by atomic mass is 19.4. The maximum Gasteiger partial charge on any atom is 0.433 e. The van der Waals surface area contributed by atoms with E-state index in [0.717, 1.165) is 44.0 Å². The lowest BCUT2D eigenvalue weighted by molar-refractivity contribution is -0.141. The zero-order valence-corrected chi connectivity index (χ0v) is 18.2. The Labute approximate surface area is 190 Å². The van der Waals surface area contributed by atoms with Crippen LogP contribution >= 0.6 is 0 Å². The van der Waals surface area contributed by atoms with Gasteiger partial charge in [0, 0.05) is 31.4 Å². The van der Waals surface area contributed by atoms with E-state index in [1.165, 1.54) is 18.0 Å². The fourth-order valence-corrected chi connectivity index (χ4v) is 4.99. The van der Waals surface area contributed by atoms with Crippen molar-refractivity contribution >= 4 is 17.3 Å². The monoisotopic (exact) mass is 460 g/mol. The van der Waals surface area contributed by atoms with Crippen LogP contribution in [0.2, 0.25) is 0 Å². The van der Waals surface area contributed by atoms with Crippen molar-refractivity contribution in [1.82, 2.24) is 10.3 Å². The van der Waals surface area contributed by atoms with E-state index < -0.39 is 11.9 Å². The van der Waals surface area contributed by atoms with Gasteiger partial charge in [-0.2, -0.15) is 13.2 Å². The molecule has 1 aromatic heterocycles. The van der Waals surface area contributed by atoms with Crippen molar-refractivity contribution in [2.45, 2.75) is 50.0 Å². The van der Waals surface area contributed by atoms with Crippen molar-refractivity contribution in [1.29, 1.82) is 0 Å². The van der Waals surface area contributed by atoms with E-state index in [9.17, 15) is 18.0 Å². The third-order valence-electron chi connectivity index (χ3n) is 6.78. The summed E-state index contributed by atoms with van der Waals surface area (Å²) in [5, 5.41) is 3.05. The van der Waals surface area contributed by atoms with Crippen LogP contribution in [0.15, 0.2) is 42.6 Å². The van der Waals surface area contributed by atoms with E-state index in [0.29, 0.717) is 37.3 Å². The maximum absolute atomic E-state index is 12.7. The molecule has 2 bridgehead atoms. The molecule has 0 unspecified atom stereocenters. The number of hydrogen-bond donors (Lipinski definition) is 1. The van der Waals surface area contributed by atoms with Crippen LogP contribution in [-0.2, 0) is 22.1 Å². The second-order valence-electron chi connectivity index (χ2n) is 9.08. The van der Waals surface area contributed by atoms with Gasteiger partial charge in [0.1, 0.15) is 5.69 Å². The first-order valence-corrected chi connectivity index (χ1v) is 11.4. The van der Waals surface area contributed by atoms with Gasteiger partial charge in [0.05, 0.1) is 37.1 Å². The van der Waals surface area contributed by atoms with Crippen LogP contribution in [0.25, 0.3) is 0 Å². The van der Waals surface area contributed by atoms with Crippen LogP contribution in [0.3, 0.4) is 0 Å². The largest absolute Gasteiger partial charge is 0.433 e. The second kappa shape index (κ2) is 8.85. The van der Waals surface area contributed by atoms with Crippen LogP contribution in [0.1, 0.15) is 30.5 Å². The molecule has 176 valence electrons. The van der Waals surface area contributed by atoms with Gasteiger partial charge in [-0.15, -0.1) is 0 Å². The summed E-state index contributed by atoms with van der Waals surface area (Å²) < 4.78 is 43.9. The molecule has 9 heteroatoms. The Kier molecular flexibility index (Phi) is 5.90. The minimum Gasteiger partial charge on any atom is -0.374 e. The Bertz CT molecular complexity index is 973. The molecule has 6 nitrogen and oxygen atoms in total. The Balaban J connectivity index is 1.12. The molecule has 2 aromatic rings. The Morgan fingerprint density at radius 2 is 1.85 bits per heavy atom. The number of pyridine rings is 1. The van der Waals surface area contributed by atoms with Crippen molar-refractivity contribution in [3.05, 3.63) is 53.9 Å². The number of ether oxygens (including phenoxy) is 1. The lowest BCUT2D eigenvalue weighted by Gasteiger charge is -2.46. The van der Waals surface area contributed by atoms with Gasteiger partial charge >= 0.3 is 6.18 Å². The number of halogens is 3. The predicted molar refractivity (Wildman–Crippen MR) is 118 cm³/mol. The number of benzene rings is 1. The number of carbonyl (C=O) groups is 1. The molecular weight excluding hydrogens is 433 g/mol. The smallest absolute Gasteiger partial charge is 0.374 e. The Morgan fingerprint density at radius 1 is 1.06 bits per heavy atom. The lowest BCUT2D eigenvalue weighted by Crippen LogP contribution is -2.54. The van der Waals surface area contributed by atoms with E-state index in [-0.39, 0.29) is 11.9 Å². The average Bonchev–Trinajstić information content (AvgIpc) is 3.28. The summed E-state index contributed by atoms with van der Waals surface area (Å²) >= 11 is 0. The summed E-state index contributed by atoms with van der Waals surface area (Å²) in [6, 6.07) is 11.0. The Hall–Kier alpha value is -2.81. The molecule has 3 atom stereocenters. The minimum absolute atomic E-state index is 0.0389. The van der Waals surface area contributed by atoms with Gasteiger partial charge in [-0.25, -0.2) is 4.98 Å². The first-order valence-electron chi connectivity index (χ1n) is 11.4. The number of nitrogens with one attached hydrogen (secondary N) is 1. The fraction of sp³-hybridized carbons (Fsp3) is 0.500. The quantitative estimate of drug-likeness (QED) is 0.741. The van der Waals surface area contributed by atoms with Crippen molar-refractivity contribution in [2.75, 3.05) is 36.0 Å². The SMILES string of the molecule is O=C(Cc1ccc(N2C[C@@H]3CC[C@H]2CO3)cc1)N[C@@H]1CCN(c2ccc(C(F)(F)F)nc2)C1. The number of rotatable bonds is 5. The predicted octanol–water partition coefficient (Wildman–Crippen LogP) is 3.41. The zero-order valence-electron chi connectivity index (χ0n) is 18.2. The number of morpholine rings is 1. The summed E-state index contributed by atoms with van der Waals surface area (Å²) in [5.41, 5.74) is 1.86. The summed E-state index contributed by atoms with van der Waals surface area (Å²) in [7, 11) is 0. The van der Waals surface area contributed by atoms with E-state index in [2.05, 4.69) is 27.3 Å². The third-order valence-corrected chi connectivity index (χ3v) is 6.78. The summed E-state index contributed by atoms with van der Waals surface area (Å²) in [5.74, 6) is -0.0504. The molecule has 4 fully saturated rings. The van der Waals surface area contributed by atoms with Crippen molar-refractivity contribution in [2.24, 2.45) is 0 Å². The molecule has 0 saturated carbocycles. The fourth-order valence-electron chi connectivity index (χ4n) is 4.99. The van der Waals surface area contributed by atoms with E-state index in [4.69, 9.17) is 4.74 Å². The van der Waals surface area contributed by atoms with Crippen molar-refractivity contribution in [3.8, 4) is 0 Å². The number of nitrogens with zero attached hydrogens (tertiary/aromatic N) is 3. The van der Waals surface area contributed by atoms with E-state index in [1.54, 1.807) is 0 Å². The van der Waals surface area contributed by atoms with Gasteiger partial charge in [-0.3, -0.25) is 4.79 Å². The lowest BCUT2D eigenvalue weighted by atomic mass is 9.96. The van der Waals surface area contributed by atoms with Crippen LogP contribution < -0.4 is 15.1 Å². The highest BCUT2D eigenvalue weighted by Gasteiger charge is 2.35. The molecule has 1 aromatic carbocycles. The number of piperidine rings is 1. The van der Waals surface area contributed by atoms with Crippen molar-refractivity contribution < 1.29 is 22.7 Å². The molecule has 4 saturated heterocycles. The molecular formula is C24H27F3N4O2. The molecule has 0 aliphatic carbocycles. The molecule has 1 N–H and O–H groups in total. The molecule has 4 aliphatic rings. The molecule has 5 heterocycles. The maximum atomic E-state index is 12.7. The summed E-state index contributed by atoms with van der Waals surface area (Å²) in [6.45, 7) is 2.93. The van der Waals surface area contributed by atoms with E-state index in [1.807, 2.05) is 17.0 Å². The minimum atomic E-state index is -4.44. The van der Waals surface area contributed by atoms with Gasteiger partial charge in [0.2, 0.25) is 5.91 Å². The van der Waals surface area contributed by atoms with Gasteiger partial charge < -0.3 is 19.9 Å². The number of amides is 1. The number of alkyl halides is 3. The van der Waals surface area contributed by atoms with Crippen LogP contribution in [0, 0.1) is 0 Å². The van der Waals surface area contributed by atoms with Crippen molar-refractivity contribution in [3.63, 3.8) is 0 Å². The molecule has 33 heavy (non-hydrogen) atoms. The molecule has 4 aliphatic heterocycles. The number of hydrogen-bond acceptors (Lipinski definition) is 5. The van der Waals surface area contributed by atoms with Gasteiger partial charge in [-0.1, -0.05) is 12.1 Å². The number of carbonyl (C=O) groups excluding carboxylic acids is 1. The second-order valence-corrected chi connectivity index (χ2v) is 9.08. The normalized spacial score (nSPS) is 24.9. The molecule has 0 spiro atoms. The first-order chi connectivity index (χ1) is 15.8. The van der Waals surface area contributed by atoms with Crippen LogP contribution in [0.5, 0.6) is 0 Å². The number of fused-ring (bicyclic) bond motifs is 3. The average molecular weight is 461 g/mol. The topological polar surface area (TPSA) is 57.7 Å². The van der Waals surface area contributed by atoms with E-state index >= 15 is 0 Å². The van der Waals surface area contributed by atoms with Gasteiger partial charge in [0.25, 0.3) is 0 Å². The highest BCUT2D eigenvalue weighted by molar-refractivity contribution is 5.79. The molecule has 6 rings (SSSR count). The summed E-state index contributed by atoms with van der Waals surface area (Å²) in [6.07, 6.45) is 0.460. The Morgan fingerprint density at radius 3 is 2.45 bits per heavy atom. The van der Waals surface area contributed by atoms with Crippen LogP contribution in [0.4, 0.5) is 24.5 Å². The van der Waals surface area contributed by atoms with Crippen LogP contribution in [-0.4, -0.2) is 55.3 Å². The zero-order chi connectivity index (χ0) is 23.0. The molecule has 1 amide bonds. The number of aromatic nitrogens is 1. The van der Waals surface area contributed by atoms with Gasteiger partial charge in [0.15, 0.2) is 0 Å². The molecule has 0 radical (unpaired) electrons. The highest BCUT2D eigenvalue weighted by Crippen LogP contribution is 2.31. The standard InChI is InChI=1S/C24H27F3N4O2/c25-24(26,27)22-8-6-19(12-28-22)30-10-9-17(13-30)29-23(32)11-16-1-3-18(4-2-16)31-14-21-7-5-20(31)15-33-21/h1-4,6,8,12,17,20-21H,5,7,9-11,13-15H2,(H,29,32)/t17-,20+,21+/m1/s1.